The molecular formula is C20H22F2N2O. The highest BCUT2D eigenvalue weighted by Gasteiger charge is 2.32. The smallest absolute Gasteiger partial charge is 0.254 e. The molecule has 1 aliphatic heterocycles. The van der Waals surface area contributed by atoms with Crippen molar-refractivity contribution in [1.82, 2.24) is 4.90 Å². The number of halogens is 2. The third-order valence-electron chi connectivity index (χ3n) is 4.95. The summed E-state index contributed by atoms with van der Waals surface area (Å²) >= 11 is 0. The van der Waals surface area contributed by atoms with Crippen LogP contribution >= 0.6 is 0 Å². The molecule has 25 heavy (non-hydrogen) atoms. The molecule has 1 aliphatic rings. The first-order valence-corrected chi connectivity index (χ1v) is 8.47. The molecule has 0 saturated carbocycles. The van der Waals surface area contributed by atoms with E-state index in [-0.39, 0.29) is 17.8 Å². The molecule has 1 saturated heterocycles. The molecule has 1 heterocycles. The van der Waals surface area contributed by atoms with E-state index in [1.54, 1.807) is 30.0 Å². The average Bonchev–Trinajstić information content (AvgIpc) is 2.96. The van der Waals surface area contributed by atoms with Crippen molar-refractivity contribution in [1.29, 1.82) is 0 Å². The number of amides is 1. The maximum atomic E-state index is 14.6. The molecule has 5 heteroatoms. The summed E-state index contributed by atoms with van der Waals surface area (Å²) in [5, 5.41) is 0. The predicted molar refractivity (Wildman–Crippen MR) is 94.2 cm³/mol. The molecule has 2 aromatic carbocycles. The second kappa shape index (κ2) is 6.92. The Bertz CT molecular complexity index is 806. The molecule has 0 aliphatic carbocycles. The van der Waals surface area contributed by atoms with Crippen molar-refractivity contribution in [3.8, 4) is 11.1 Å². The van der Waals surface area contributed by atoms with E-state index in [1.165, 1.54) is 18.2 Å². The van der Waals surface area contributed by atoms with Crippen LogP contribution in [0.3, 0.4) is 0 Å². The van der Waals surface area contributed by atoms with E-state index in [0.717, 1.165) is 6.42 Å². The number of nitrogens with two attached hydrogens (primary N) is 1. The van der Waals surface area contributed by atoms with Crippen molar-refractivity contribution < 1.29 is 13.6 Å². The third kappa shape index (κ3) is 3.42. The number of likely N-dealkylation sites (tertiary alicyclic amines) is 1. The Labute approximate surface area is 146 Å². The number of aryl methyl sites for hydroxylation is 1. The standard InChI is InChI=1S/C20H22F2N2O/c1-12-7-16(21)4-6-17(12)18-5-3-15(9-19(18)22)20(25)24-11-14(10-23)8-13(24)2/h3-7,9,13-14H,8,10-11,23H2,1-2H3. The van der Waals surface area contributed by atoms with Crippen LogP contribution in [-0.4, -0.2) is 29.9 Å². The fourth-order valence-corrected chi connectivity index (χ4v) is 3.56. The van der Waals surface area contributed by atoms with Gasteiger partial charge in [0, 0.05) is 23.7 Å². The van der Waals surface area contributed by atoms with Gasteiger partial charge < -0.3 is 10.6 Å². The molecule has 0 radical (unpaired) electrons. The van der Waals surface area contributed by atoms with Gasteiger partial charge in [0.25, 0.3) is 5.91 Å². The van der Waals surface area contributed by atoms with Crippen LogP contribution in [0.2, 0.25) is 0 Å². The minimum Gasteiger partial charge on any atom is -0.336 e. The van der Waals surface area contributed by atoms with Gasteiger partial charge in [-0.2, -0.15) is 0 Å². The largest absolute Gasteiger partial charge is 0.336 e. The van der Waals surface area contributed by atoms with Gasteiger partial charge in [-0.1, -0.05) is 12.1 Å². The van der Waals surface area contributed by atoms with Gasteiger partial charge >= 0.3 is 0 Å². The van der Waals surface area contributed by atoms with E-state index < -0.39 is 5.82 Å². The Morgan fingerprint density at radius 1 is 1.20 bits per heavy atom. The lowest BCUT2D eigenvalue weighted by Gasteiger charge is -2.22. The zero-order valence-electron chi connectivity index (χ0n) is 14.4. The first kappa shape index (κ1) is 17.5. The lowest BCUT2D eigenvalue weighted by atomic mass is 9.98. The Hall–Kier alpha value is -2.27. The monoisotopic (exact) mass is 344 g/mol. The minimum absolute atomic E-state index is 0.100. The van der Waals surface area contributed by atoms with Crippen LogP contribution in [0, 0.1) is 24.5 Å². The van der Waals surface area contributed by atoms with Crippen molar-refractivity contribution in [3.63, 3.8) is 0 Å². The Kier molecular flexibility index (Phi) is 4.86. The van der Waals surface area contributed by atoms with Gasteiger partial charge in [-0.25, -0.2) is 8.78 Å². The molecule has 3 nitrogen and oxygen atoms in total. The normalized spacial score (nSPS) is 20.1. The van der Waals surface area contributed by atoms with Gasteiger partial charge in [0.2, 0.25) is 0 Å². The Balaban J connectivity index is 1.88. The van der Waals surface area contributed by atoms with Crippen LogP contribution in [0.25, 0.3) is 11.1 Å². The first-order chi connectivity index (χ1) is 11.9. The summed E-state index contributed by atoms with van der Waals surface area (Å²) in [5.41, 5.74) is 7.67. The highest BCUT2D eigenvalue weighted by atomic mass is 19.1. The summed E-state index contributed by atoms with van der Waals surface area (Å²) in [6, 6.07) is 8.81. The van der Waals surface area contributed by atoms with E-state index >= 15 is 0 Å². The molecule has 0 spiro atoms. The van der Waals surface area contributed by atoms with Gasteiger partial charge in [-0.3, -0.25) is 4.79 Å². The summed E-state index contributed by atoms with van der Waals surface area (Å²) in [5.74, 6) is -0.719. The number of benzene rings is 2. The van der Waals surface area contributed by atoms with E-state index in [2.05, 4.69) is 0 Å². The lowest BCUT2D eigenvalue weighted by Crippen LogP contribution is -2.34. The molecule has 0 aromatic heterocycles. The molecular weight excluding hydrogens is 322 g/mol. The third-order valence-corrected chi connectivity index (χ3v) is 4.95. The molecule has 2 aromatic rings. The number of carbonyl (C=O) groups is 1. The summed E-state index contributed by atoms with van der Waals surface area (Å²) in [6.07, 6.45) is 0.873. The molecule has 132 valence electrons. The van der Waals surface area contributed by atoms with Crippen LogP contribution < -0.4 is 5.73 Å². The van der Waals surface area contributed by atoms with Gasteiger partial charge in [0.05, 0.1) is 0 Å². The number of carbonyl (C=O) groups excluding carboxylic acids is 1. The highest BCUT2D eigenvalue weighted by Crippen LogP contribution is 2.29. The molecule has 2 atom stereocenters. The average molecular weight is 344 g/mol. The van der Waals surface area contributed by atoms with Crippen molar-refractivity contribution in [2.24, 2.45) is 11.7 Å². The summed E-state index contributed by atoms with van der Waals surface area (Å²) in [7, 11) is 0. The minimum atomic E-state index is -0.484. The van der Waals surface area contributed by atoms with Crippen LogP contribution in [0.4, 0.5) is 8.78 Å². The van der Waals surface area contributed by atoms with Gasteiger partial charge in [-0.05, 0) is 68.1 Å². The van der Waals surface area contributed by atoms with Crippen molar-refractivity contribution >= 4 is 5.91 Å². The lowest BCUT2D eigenvalue weighted by molar-refractivity contribution is 0.0743. The zero-order chi connectivity index (χ0) is 18.1. The Morgan fingerprint density at radius 3 is 2.52 bits per heavy atom. The highest BCUT2D eigenvalue weighted by molar-refractivity contribution is 5.95. The molecule has 2 N–H and O–H groups in total. The maximum absolute atomic E-state index is 14.6. The topological polar surface area (TPSA) is 46.3 Å². The summed E-state index contributed by atoms with van der Waals surface area (Å²) in [6.45, 7) is 4.87. The zero-order valence-corrected chi connectivity index (χ0v) is 14.4. The number of hydrogen-bond acceptors (Lipinski definition) is 2. The number of hydrogen-bond donors (Lipinski definition) is 1. The fraction of sp³-hybridized carbons (Fsp3) is 0.350. The van der Waals surface area contributed by atoms with E-state index in [1.807, 2.05) is 6.92 Å². The van der Waals surface area contributed by atoms with Crippen molar-refractivity contribution in [2.75, 3.05) is 13.1 Å². The predicted octanol–water partition coefficient (Wildman–Crippen LogP) is 3.75. The molecule has 1 fully saturated rings. The second-order valence-corrected chi connectivity index (χ2v) is 6.80. The van der Waals surface area contributed by atoms with E-state index in [4.69, 9.17) is 5.73 Å². The quantitative estimate of drug-likeness (QED) is 0.922. The van der Waals surface area contributed by atoms with Crippen LogP contribution in [-0.2, 0) is 0 Å². The van der Waals surface area contributed by atoms with E-state index in [0.29, 0.717) is 41.3 Å². The summed E-state index contributed by atoms with van der Waals surface area (Å²) < 4.78 is 27.9. The van der Waals surface area contributed by atoms with Crippen LogP contribution in [0.5, 0.6) is 0 Å². The summed E-state index contributed by atoms with van der Waals surface area (Å²) in [4.78, 5) is 14.5. The molecule has 0 bridgehead atoms. The molecule has 3 rings (SSSR count). The van der Waals surface area contributed by atoms with Gasteiger partial charge in [0.15, 0.2) is 0 Å². The molecule has 2 unspecified atom stereocenters. The molecule has 1 amide bonds. The first-order valence-electron chi connectivity index (χ1n) is 8.47. The van der Waals surface area contributed by atoms with Crippen LogP contribution in [0.15, 0.2) is 36.4 Å². The van der Waals surface area contributed by atoms with Gasteiger partial charge in [0.1, 0.15) is 11.6 Å². The fourth-order valence-electron chi connectivity index (χ4n) is 3.56. The second-order valence-electron chi connectivity index (χ2n) is 6.80. The van der Waals surface area contributed by atoms with Crippen molar-refractivity contribution in [3.05, 3.63) is 59.2 Å². The SMILES string of the molecule is Cc1cc(F)ccc1-c1ccc(C(=O)N2CC(CN)CC2C)cc1F. The number of rotatable bonds is 3. The number of nitrogens with zero attached hydrogens (tertiary/aromatic N) is 1. The van der Waals surface area contributed by atoms with Crippen LogP contribution in [0.1, 0.15) is 29.3 Å². The Morgan fingerprint density at radius 2 is 1.92 bits per heavy atom. The maximum Gasteiger partial charge on any atom is 0.254 e. The van der Waals surface area contributed by atoms with E-state index in [9.17, 15) is 13.6 Å². The van der Waals surface area contributed by atoms with Gasteiger partial charge in [-0.15, -0.1) is 0 Å². The van der Waals surface area contributed by atoms with Crippen molar-refractivity contribution in [2.45, 2.75) is 26.3 Å².